The van der Waals surface area contributed by atoms with E-state index in [-0.39, 0.29) is 16.8 Å². The van der Waals surface area contributed by atoms with Crippen LogP contribution in [-0.4, -0.2) is 26.1 Å². The summed E-state index contributed by atoms with van der Waals surface area (Å²) >= 11 is 5.98. The minimum Gasteiger partial charge on any atom is -0.495 e. The van der Waals surface area contributed by atoms with Crippen molar-refractivity contribution >= 4 is 28.9 Å². The zero-order chi connectivity index (χ0) is 18.3. The van der Waals surface area contributed by atoms with Gasteiger partial charge in [0, 0.05) is 37.2 Å². The SMILES string of the molecule is COc1cc2c(cc1N1CCCC1)C(c1ccc(F)c(Cl)c1)CC(=O)N2. The highest BCUT2D eigenvalue weighted by Crippen LogP contribution is 2.44. The second-order valence-corrected chi connectivity index (χ2v) is 7.19. The lowest BCUT2D eigenvalue weighted by Gasteiger charge is -2.30. The van der Waals surface area contributed by atoms with Crippen LogP contribution < -0.4 is 15.0 Å². The van der Waals surface area contributed by atoms with Crippen molar-refractivity contribution in [1.82, 2.24) is 0 Å². The lowest BCUT2D eigenvalue weighted by atomic mass is 9.84. The molecule has 0 aliphatic carbocycles. The fraction of sp³-hybridized carbons (Fsp3) is 0.350. The molecule has 1 unspecified atom stereocenters. The Kier molecular flexibility index (Phi) is 4.49. The number of benzene rings is 2. The van der Waals surface area contributed by atoms with E-state index < -0.39 is 5.82 Å². The second-order valence-electron chi connectivity index (χ2n) is 6.78. The summed E-state index contributed by atoms with van der Waals surface area (Å²) in [7, 11) is 1.64. The standard InChI is InChI=1S/C20H20ClFN2O2/c1-26-19-11-17-14(9-18(19)24-6-2-3-7-24)13(10-20(25)23-17)12-4-5-16(22)15(21)8-12/h4-5,8-9,11,13H,2-3,6-7,10H2,1H3,(H,23,25). The average Bonchev–Trinajstić information content (AvgIpc) is 3.16. The van der Waals surface area contributed by atoms with E-state index in [9.17, 15) is 9.18 Å². The van der Waals surface area contributed by atoms with Crippen LogP contribution in [0, 0.1) is 5.82 Å². The smallest absolute Gasteiger partial charge is 0.225 e. The summed E-state index contributed by atoms with van der Waals surface area (Å²) < 4.78 is 19.1. The van der Waals surface area contributed by atoms with Gasteiger partial charge >= 0.3 is 0 Å². The fourth-order valence-electron chi connectivity index (χ4n) is 3.87. The maximum absolute atomic E-state index is 13.6. The Morgan fingerprint density at radius 1 is 1.23 bits per heavy atom. The summed E-state index contributed by atoms with van der Waals surface area (Å²) in [4.78, 5) is 14.5. The van der Waals surface area contributed by atoms with Gasteiger partial charge in [-0.3, -0.25) is 4.79 Å². The van der Waals surface area contributed by atoms with Crippen molar-refractivity contribution in [3.05, 3.63) is 52.3 Å². The molecule has 1 saturated heterocycles. The summed E-state index contributed by atoms with van der Waals surface area (Å²) in [5.41, 5.74) is 3.63. The summed E-state index contributed by atoms with van der Waals surface area (Å²) in [6.45, 7) is 1.99. The summed E-state index contributed by atoms with van der Waals surface area (Å²) in [6, 6.07) is 8.66. The highest BCUT2D eigenvalue weighted by molar-refractivity contribution is 6.30. The first-order valence-corrected chi connectivity index (χ1v) is 9.16. The zero-order valence-electron chi connectivity index (χ0n) is 14.5. The van der Waals surface area contributed by atoms with Crippen LogP contribution in [0.4, 0.5) is 15.8 Å². The zero-order valence-corrected chi connectivity index (χ0v) is 15.3. The van der Waals surface area contributed by atoms with Crippen molar-refractivity contribution in [1.29, 1.82) is 0 Å². The van der Waals surface area contributed by atoms with Crippen molar-refractivity contribution < 1.29 is 13.9 Å². The van der Waals surface area contributed by atoms with Gasteiger partial charge in [0.2, 0.25) is 5.91 Å². The van der Waals surface area contributed by atoms with Gasteiger partial charge in [-0.05, 0) is 42.2 Å². The molecule has 0 bridgehead atoms. The highest BCUT2D eigenvalue weighted by atomic mass is 35.5. The van der Waals surface area contributed by atoms with Crippen molar-refractivity contribution in [2.75, 3.05) is 30.4 Å². The van der Waals surface area contributed by atoms with E-state index in [1.54, 1.807) is 19.2 Å². The van der Waals surface area contributed by atoms with Gasteiger partial charge in [-0.25, -0.2) is 4.39 Å². The average molecular weight is 375 g/mol. The number of carbonyl (C=O) groups is 1. The molecule has 2 heterocycles. The Labute approximate surface area is 156 Å². The molecule has 0 radical (unpaired) electrons. The second kappa shape index (κ2) is 6.80. The third kappa shape index (κ3) is 3.01. The van der Waals surface area contributed by atoms with Gasteiger partial charge in [-0.15, -0.1) is 0 Å². The molecule has 0 saturated carbocycles. The van der Waals surface area contributed by atoms with Crippen molar-refractivity contribution in [2.24, 2.45) is 0 Å². The molecular weight excluding hydrogens is 355 g/mol. The van der Waals surface area contributed by atoms with Gasteiger partial charge in [0.25, 0.3) is 0 Å². The van der Waals surface area contributed by atoms with E-state index in [1.807, 2.05) is 6.07 Å². The molecule has 26 heavy (non-hydrogen) atoms. The summed E-state index contributed by atoms with van der Waals surface area (Å²) in [5, 5.41) is 3.01. The number of amides is 1. The molecule has 6 heteroatoms. The first-order valence-electron chi connectivity index (χ1n) is 8.78. The monoisotopic (exact) mass is 374 g/mol. The third-order valence-corrected chi connectivity index (χ3v) is 5.47. The molecule has 2 aromatic rings. The first kappa shape index (κ1) is 17.2. The molecule has 136 valence electrons. The van der Waals surface area contributed by atoms with Crippen LogP contribution in [0.15, 0.2) is 30.3 Å². The number of fused-ring (bicyclic) bond motifs is 1. The largest absolute Gasteiger partial charge is 0.495 e. The molecule has 1 amide bonds. The Bertz CT molecular complexity index is 865. The minimum absolute atomic E-state index is 0.0704. The maximum Gasteiger partial charge on any atom is 0.225 e. The van der Waals surface area contributed by atoms with Crippen molar-refractivity contribution in [3.63, 3.8) is 0 Å². The van der Waals surface area contributed by atoms with E-state index in [2.05, 4.69) is 16.3 Å². The molecule has 0 spiro atoms. The van der Waals surface area contributed by atoms with E-state index in [0.29, 0.717) is 6.42 Å². The topological polar surface area (TPSA) is 41.6 Å². The minimum atomic E-state index is -0.455. The van der Waals surface area contributed by atoms with Crippen LogP contribution >= 0.6 is 11.6 Å². The normalized spacial score (nSPS) is 19.3. The number of rotatable bonds is 3. The number of carbonyl (C=O) groups excluding carboxylic acids is 1. The van der Waals surface area contributed by atoms with Gasteiger partial charge in [-0.1, -0.05) is 17.7 Å². The van der Waals surface area contributed by atoms with Crippen LogP contribution in [0.5, 0.6) is 5.75 Å². The number of hydrogen-bond donors (Lipinski definition) is 1. The number of nitrogens with one attached hydrogen (secondary N) is 1. The number of hydrogen-bond acceptors (Lipinski definition) is 3. The predicted octanol–water partition coefficient (Wildman–Crippen LogP) is 4.56. The molecule has 1 N–H and O–H groups in total. The lowest BCUT2D eigenvalue weighted by Crippen LogP contribution is -2.25. The third-order valence-electron chi connectivity index (χ3n) is 5.18. The van der Waals surface area contributed by atoms with Crippen LogP contribution in [-0.2, 0) is 4.79 Å². The van der Waals surface area contributed by atoms with Crippen LogP contribution in [0.25, 0.3) is 0 Å². The molecule has 2 aliphatic heterocycles. The molecular formula is C20H20ClFN2O2. The Morgan fingerprint density at radius 2 is 2.00 bits per heavy atom. The van der Waals surface area contributed by atoms with Crippen molar-refractivity contribution in [2.45, 2.75) is 25.2 Å². The number of anilines is 2. The summed E-state index contributed by atoms with van der Waals surface area (Å²) in [5.74, 6) is 0.0650. The van der Waals surface area contributed by atoms with E-state index in [1.165, 1.54) is 6.07 Å². The van der Waals surface area contributed by atoms with Gasteiger partial charge < -0.3 is 15.0 Å². The summed E-state index contributed by atoms with van der Waals surface area (Å²) in [6.07, 6.45) is 2.63. The molecule has 4 rings (SSSR count). The number of ether oxygens (including phenoxy) is 1. The molecule has 1 atom stereocenters. The van der Waals surface area contributed by atoms with Gasteiger partial charge in [-0.2, -0.15) is 0 Å². The van der Waals surface area contributed by atoms with Gasteiger partial charge in [0.1, 0.15) is 11.6 Å². The number of methoxy groups -OCH3 is 1. The lowest BCUT2D eigenvalue weighted by molar-refractivity contribution is -0.116. The van der Waals surface area contributed by atoms with E-state index >= 15 is 0 Å². The van der Waals surface area contributed by atoms with E-state index in [4.69, 9.17) is 16.3 Å². The molecule has 2 aromatic carbocycles. The van der Waals surface area contributed by atoms with E-state index in [0.717, 1.165) is 54.2 Å². The number of nitrogens with zero attached hydrogens (tertiary/aromatic N) is 1. The van der Waals surface area contributed by atoms with Crippen LogP contribution in [0.2, 0.25) is 5.02 Å². The highest BCUT2D eigenvalue weighted by Gasteiger charge is 2.30. The predicted molar refractivity (Wildman–Crippen MR) is 101 cm³/mol. The molecule has 0 aromatic heterocycles. The Balaban J connectivity index is 1.83. The van der Waals surface area contributed by atoms with Crippen LogP contribution in [0.3, 0.4) is 0 Å². The Morgan fingerprint density at radius 3 is 2.69 bits per heavy atom. The maximum atomic E-state index is 13.6. The van der Waals surface area contributed by atoms with Crippen molar-refractivity contribution in [3.8, 4) is 5.75 Å². The van der Waals surface area contributed by atoms with Gasteiger partial charge in [0.05, 0.1) is 17.8 Å². The first-order chi connectivity index (χ1) is 12.6. The number of halogens is 2. The molecule has 4 nitrogen and oxygen atoms in total. The Hall–Kier alpha value is -2.27. The van der Waals surface area contributed by atoms with Crippen LogP contribution in [0.1, 0.15) is 36.3 Å². The molecule has 1 fully saturated rings. The quantitative estimate of drug-likeness (QED) is 0.856. The fourth-order valence-corrected chi connectivity index (χ4v) is 4.06. The van der Waals surface area contributed by atoms with Gasteiger partial charge in [0.15, 0.2) is 0 Å². The molecule has 2 aliphatic rings.